The Hall–Kier alpha value is -2.17. The van der Waals surface area contributed by atoms with Crippen LogP contribution in [0.25, 0.3) is 0 Å². The molecule has 0 unspecified atom stereocenters. The molecular formula is C12H13N3O2. The highest BCUT2D eigenvalue weighted by molar-refractivity contribution is 5.88. The van der Waals surface area contributed by atoms with Crippen molar-refractivity contribution in [1.82, 2.24) is 14.8 Å². The van der Waals surface area contributed by atoms with E-state index in [9.17, 15) is 4.79 Å². The van der Waals surface area contributed by atoms with Crippen LogP contribution in [-0.2, 0) is 11.3 Å². The molecule has 5 nitrogen and oxygen atoms in total. The van der Waals surface area contributed by atoms with Crippen LogP contribution in [0.5, 0.6) is 0 Å². The van der Waals surface area contributed by atoms with Crippen LogP contribution in [0, 0.1) is 0 Å². The molecule has 0 aliphatic rings. The predicted octanol–water partition coefficient (Wildman–Crippen LogP) is 1.50. The van der Waals surface area contributed by atoms with Gasteiger partial charge in [0, 0.05) is 18.6 Å². The largest absolute Gasteiger partial charge is 0.462 e. The molecule has 88 valence electrons. The maximum absolute atomic E-state index is 11.4. The minimum atomic E-state index is -0.343. The van der Waals surface area contributed by atoms with E-state index in [1.165, 1.54) is 6.20 Å². The molecule has 0 bridgehead atoms. The zero-order valence-corrected chi connectivity index (χ0v) is 9.54. The summed E-state index contributed by atoms with van der Waals surface area (Å²) in [5.41, 5.74) is 1.50. The van der Waals surface area contributed by atoms with Gasteiger partial charge in [-0.15, -0.1) is 0 Å². The molecule has 0 N–H and O–H groups in total. The maximum atomic E-state index is 11.4. The lowest BCUT2D eigenvalue weighted by molar-refractivity contribution is 0.0526. The zero-order chi connectivity index (χ0) is 12.1. The Balaban J connectivity index is 2.06. The highest BCUT2D eigenvalue weighted by atomic mass is 16.5. The maximum Gasteiger partial charge on any atom is 0.341 e. The van der Waals surface area contributed by atoms with Gasteiger partial charge in [0.05, 0.1) is 24.9 Å². The van der Waals surface area contributed by atoms with Crippen molar-refractivity contribution in [3.05, 3.63) is 48.0 Å². The molecule has 0 spiro atoms. The molecule has 17 heavy (non-hydrogen) atoms. The smallest absolute Gasteiger partial charge is 0.341 e. The van der Waals surface area contributed by atoms with Crippen molar-refractivity contribution >= 4 is 5.97 Å². The third kappa shape index (κ3) is 2.90. The predicted molar refractivity (Wildman–Crippen MR) is 61.5 cm³/mol. The fourth-order valence-electron chi connectivity index (χ4n) is 1.45. The van der Waals surface area contributed by atoms with Crippen molar-refractivity contribution in [2.75, 3.05) is 6.61 Å². The molecule has 2 aromatic heterocycles. The van der Waals surface area contributed by atoms with Crippen molar-refractivity contribution in [3.63, 3.8) is 0 Å². The van der Waals surface area contributed by atoms with E-state index < -0.39 is 0 Å². The van der Waals surface area contributed by atoms with Crippen LogP contribution in [0.1, 0.15) is 22.8 Å². The summed E-state index contributed by atoms with van der Waals surface area (Å²) < 4.78 is 6.57. The number of nitrogens with zero attached hydrogens (tertiary/aromatic N) is 3. The first-order valence-electron chi connectivity index (χ1n) is 5.38. The normalized spacial score (nSPS) is 10.2. The first kappa shape index (κ1) is 11.3. The number of esters is 1. The van der Waals surface area contributed by atoms with Gasteiger partial charge < -0.3 is 4.74 Å². The lowest BCUT2D eigenvalue weighted by Crippen LogP contribution is -2.04. The Morgan fingerprint density at radius 1 is 1.47 bits per heavy atom. The van der Waals surface area contributed by atoms with Gasteiger partial charge in [-0.3, -0.25) is 9.67 Å². The number of carbonyl (C=O) groups excluding carboxylic acids is 1. The molecule has 0 amide bonds. The number of carbonyl (C=O) groups is 1. The second kappa shape index (κ2) is 5.25. The van der Waals surface area contributed by atoms with E-state index in [1.54, 1.807) is 30.2 Å². The van der Waals surface area contributed by atoms with Crippen LogP contribution in [0.15, 0.2) is 36.9 Å². The molecule has 5 heteroatoms. The first-order valence-corrected chi connectivity index (χ1v) is 5.38. The van der Waals surface area contributed by atoms with Crippen molar-refractivity contribution in [3.8, 4) is 0 Å². The van der Waals surface area contributed by atoms with Gasteiger partial charge in [-0.1, -0.05) is 6.07 Å². The highest BCUT2D eigenvalue weighted by Gasteiger charge is 2.09. The number of rotatable bonds is 4. The molecule has 2 rings (SSSR count). The molecule has 0 atom stereocenters. The van der Waals surface area contributed by atoms with Gasteiger partial charge >= 0.3 is 5.97 Å². The lowest BCUT2D eigenvalue weighted by Gasteiger charge is -2.00. The summed E-state index contributed by atoms with van der Waals surface area (Å²) in [6.07, 6.45) is 6.67. The summed E-state index contributed by atoms with van der Waals surface area (Å²) in [4.78, 5) is 15.4. The lowest BCUT2D eigenvalue weighted by atomic mass is 10.3. The van der Waals surface area contributed by atoms with Gasteiger partial charge in [-0.05, 0) is 18.6 Å². The van der Waals surface area contributed by atoms with Crippen LogP contribution in [0.4, 0.5) is 0 Å². The van der Waals surface area contributed by atoms with E-state index in [-0.39, 0.29) is 5.97 Å². The number of aromatic nitrogens is 3. The van der Waals surface area contributed by atoms with Crippen molar-refractivity contribution in [2.24, 2.45) is 0 Å². The summed E-state index contributed by atoms with van der Waals surface area (Å²) in [7, 11) is 0. The average Bonchev–Trinajstić information content (AvgIpc) is 2.79. The quantitative estimate of drug-likeness (QED) is 0.748. The van der Waals surface area contributed by atoms with Gasteiger partial charge in [0.15, 0.2) is 0 Å². The Morgan fingerprint density at radius 2 is 2.35 bits per heavy atom. The standard InChI is InChI=1S/C12H13N3O2/c1-2-17-12(16)11-7-14-15(9-11)8-10-4-3-5-13-6-10/h3-7,9H,2,8H2,1H3. The molecule has 0 saturated heterocycles. The number of hydrogen-bond acceptors (Lipinski definition) is 4. The Kier molecular flexibility index (Phi) is 3.49. The highest BCUT2D eigenvalue weighted by Crippen LogP contribution is 2.04. The topological polar surface area (TPSA) is 57.0 Å². The van der Waals surface area contributed by atoms with E-state index >= 15 is 0 Å². The minimum Gasteiger partial charge on any atom is -0.462 e. The molecule has 0 aliphatic carbocycles. The fraction of sp³-hybridized carbons (Fsp3) is 0.250. The minimum absolute atomic E-state index is 0.343. The third-order valence-corrected chi connectivity index (χ3v) is 2.21. The fourth-order valence-corrected chi connectivity index (χ4v) is 1.45. The molecular weight excluding hydrogens is 218 g/mol. The summed E-state index contributed by atoms with van der Waals surface area (Å²) >= 11 is 0. The van der Waals surface area contributed by atoms with Gasteiger partial charge in [-0.25, -0.2) is 4.79 Å². The summed E-state index contributed by atoms with van der Waals surface area (Å²) in [6, 6.07) is 3.82. The zero-order valence-electron chi connectivity index (χ0n) is 9.54. The SMILES string of the molecule is CCOC(=O)c1cnn(Cc2cccnc2)c1. The van der Waals surface area contributed by atoms with Gasteiger partial charge in [0.25, 0.3) is 0 Å². The monoisotopic (exact) mass is 231 g/mol. The Morgan fingerprint density at radius 3 is 3.06 bits per heavy atom. The Bertz CT molecular complexity index is 493. The third-order valence-electron chi connectivity index (χ3n) is 2.21. The van der Waals surface area contributed by atoms with Crippen LogP contribution < -0.4 is 0 Å². The van der Waals surface area contributed by atoms with E-state index in [0.717, 1.165) is 5.56 Å². The summed E-state index contributed by atoms with van der Waals surface area (Å²) in [5.74, 6) is -0.343. The molecule has 0 radical (unpaired) electrons. The van der Waals surface area contributed by atoms with Crippen LogP contribution in [0.3, 0.4) is 0 Å². The van der Waals surface area contributed by atoms with E-state index in [2.05, 4.69) is 10.1 Å². The number of hydrogen-bond donors (Lipinski definition) is 0. The first-order chi connectivity index (χ1) is 8.29. The van der Waals surface area contributed by atoms with Crippen molar-refractivity contribution in [1.29, 1.82) is 0 Å². The Labute approximate surface area is 99.1 Å². The summed E-state index contributed by atoms with van der Waals surface area (Å²) in [6.45, 7) is 2.73. The van der Waals surface area contributed by atoms with Crippen LogP contribution in [-0.4, -0.2) is 27.3 Å². The molecule has 0 aromatic carbocycles. The number of ether oxygens (including phenoxy) is 1. The average molecular weight is 231 g/mol. The number of pyridine rings is 1. The molecule has 2 aromatic rings. The summed E-state index contributed by atoms with van der Waals surface area (Å²) in [5, 5.41) is 4.10. The molecule has 0 aliphatic heterocycles. The molecule has 0 saturated carbocycles. The second-order valence-corrected chi connectivity index (χ2v) is 3.51. The van der Waals surface area contributed by atoms with Gasteiger partial charge in [-0.2, -0.15) is 5.10 Å². The van der Waals surface area contributed by atoms with E-state index in [0.29, 0.717) is 18.7 Å². The van der Waals surface area contributed by atoms with Gasteiger partial charge in [0.1, 0.15) is 0 Å². The van der Waals surface area contributed by atoms with Crippen molar-refractivity contribution in [2.45, 2.75) is 13.5 Å². The van der Waals surface area contributed by atoms with E-state index in [4.69, 9.17) is 4.74 Å². The van der Waals surface area contributed by atoms with Gasteiger partial charge in [0.2, 0.25) is 0 Å². The molecule has 0 fully saturated rings. The molecule has 2 heterocycles. The van der Waals surface area contributed by atoms with Crippen molar-refractivity contribution < 1.29 is 9.53 Å². The van der Waals surface area contributed by atoms with Crippen LogP contribution in [0.2, 0.25) is 0 Å². The second-order valence-electron chi connectivity index (χ2n) is 3.51. The van der Waals surface area contributed by atoms with Crippen LogP contribution >= 0.6 is 0 Å². The van der Waals surface area contributed by atoms with E-state index in [1.807, 2.05) is 12.1 Å².